The predicted molar refractivity (Wildman–Crippen MR) is 96.3 cm³/mol. The number of allylic oxidation sites excluding steroid dienone is 1. The molecule has 0 aromatic heterocycles. The minimum Gasteiger partial charge on any atom is -0.504 e. The Kier molecular flexibility index (Phi) is 3.78. The van der Waals surface area contributed by atoms with Crippen LogP contribution in [0, 0.1) is 11.3 Å². The lowest BCUT2D eigenvalue weighted by Gasteiger charge is -2.52. The van der Waals surface area contributed by atoms with E-state index in [4.69, 9.17) is 4.74 Å². The number of phenols is 1. The molecule has 2 aliphatic rings. The second kappa shape index (κ2) is 5.29. The molecule has 2 atom stereocenters. The number of fused-ring (bicyclic) bond motifs is 3. The molecule has 0 spiro atoms. The molecule has 2 nitrogen and oxygen atoms in total. The summed E-state index contributed by atoms with van der Waals surface area (Å²) in [4.78, 5) is 0. The van der Waals surface area contributed by atoms with E-state index in [-0.39, 0.29) is 16.7 Å². The molecule has 1 aromatic carbocycles. The second-order valence-corrected chi connectivity index (χ2v) is 8.56. The van der Waals surface area contributed by atoms with Gasteiger partial charge in [0, 0.05) is 16.5 Å². The lowest BCUT2D eigenvalue weighted by atomic mass is 9.52. The summed E-state index contributed by atoms with van der Waals surface area (Å²) in [6.45, 7) is 11.3. The molecule has 1 saturated carbocycles. The molecule has 0 saturated heterocycles. The quantitative estimate of drug-likeness (QED) is 0.766. The Morgan fingerprint density at radius 3 is 2.52 bits per heavy atom. The lowest BCUT2D eigenvalue weighted by molar-refractivity contribution is 0.0887. The monoisotopic (exact) mass is 314 g/mol. The van der Waals surface area contributed by atoms with Crippen molar-refractivity contribution in [3.8, 4) is 11.5 Å². The molecular formula is C21H30O2. The van der Waals surface area contributed by atoms with Crippen LogP contribution in [0.5, 0.6) is 11.5 Å². The van der Waals surface area contributed by atoms with Crippen molar-refractivity contribution in [2.75, 3.05) is 7.11 Å². The second-order valence-electron chi connectivity index (χ2n) is 8.56. The first-order chi connectivity index (χ1) is 10.7. The van der Waals surface area contributed by atoms with E-state index in [0.717, 1.165) is 12.0 Å². The number of ether oxygens (including phenoxy) is 1. The van der Waals surface area contributed by atoms with Crippen molar-refractivity contribution in [3.05, 3.63) is 28.8 Å². The maximum absolute atomic E-state index is 10.8. The highest BCUT2D eigenvalue weighted by atomic mass is 16.5. The van der Waals surface area contributed by atoms with Crippen molar-refractivity contribution in [3.63, 3.8) is 0 Å². The smallest absolute Gasteiger partial charge is 0.165 e. The van der Waals surface area contributed by atoms with Crippen LogP contribution in [0.1, 0.15) is 76.5 Å². The van der Waals surface area contributed by atoms with Gasteiger partial charge in [-0.25, -0.2) is 0 Å². The number of methoxy groups -OCH3 is 1. The zero-order valence-corrected chi connectivity index (χ0v) is 15.4. The maximum atomic E-state index is 10.8. The SMILES string of the molecule is COc1c(O)c(C(C)C)cc2c1C1(C)CCCC(C)(C)C1C=C2. The van der Waals surface area contributed by atoms with Crippen molar-refractivity contribution in [2.24, 2.45) is 11.3 Å². The molecular weight excluding hydrogens is 284 g/mol. The molecule has 1 fully saturated rings. The zero-order chi connectivity index (χ0) is 17.0. The van der Waals surface area contributed by atoms with Crippen LogP contribution in [0.3, 0.4) is 0 Å². The number of hydrogen-bond donors (Lipinski definition) is 1. The van der Waals surface area contributed by atoms with Crippen LogP contribution in [0.15, 0.2) is 12.1 Å². The number of phenolic OH excluding ortho intramolecular Hbond substituents is 1. The van der Waals surface area contributed by atoms with E-state index in [1.165, 1.54) is 24.0 Å². The fourth-order valence-electron chi connectivity index (χ4n) is 5.09. The van der Waals surface area contributed by atoms with Crippen molar-refractivity contribution in [2.45, 2.75) is 65.2 Å². The van der Waals surface area contributed by atoms with Gasteiger partial charge in [-0.2, -0.15) is 0 Å². The van der Waals surface area contributed by atoms with E-state index in [0.29, 0.717) is 17.4 Å². The molecule has 23 heavy (non-hydrogen) atoms. The third kappa shape index (κ3) is 2.29. The van der Waals surface area contributed by atoms with Gasteiger partial charge in [-0.3, -0.25) is 0 Å². The topological polar surface area (TPSA) is 29.5 Å². The summed E-state index contributed by atoms with van der Waals surface area (Å²) in [5, 5.41) is 10.8. The molecule has 0 aliphatic heterocycles. The van der Waals surface area contributed by atoms with E-state index in [1.54, 1.807) is 7.11 Å². The molecule has 2 unspecified atom stereocenters. The molecule has 3 rings (SSSR count). The van der Waals surface area contributed by atoms with Crippen LogP contribution >= 0.6 is 0 Å². The summed E-state index contributed by atoms with van der Waals surface area (Å²) in [5.41, 5.74) is 3.72. The fraction of sp³-hybridized carbons (Fsp3) is 0.619. The molecule has 2 aliphatic carbocycles. The van der Waals surface area contributed by atoms with Crippen molar-refractivity contribution < 1.29 is 9.84 Å². The molecule has 1 N–H and O–H groups in total. The van der Waals surface area contributed by atoms with Gasteiger partial charge < -0.3 is 9.84 Å². The summed E-state index contributed by atoms with van der Waals surface area (Å²) in [6.07, 6.45) is 8.29. The van der Waals surface area contributed by atoms with E-state index in [9.17, 15) is 5.11 Å². The van der Waals surface area contributed by atoms with Crippen LogP contribution in [0.2, 0.25) is 0 Å². The van der Waals surface area contributed by atoms with Crippen molar-refractivity contribution in [1.29, 1.82) is 0 Å². The predicted octanol–water partition coefficient (Wildman–Crippen LogP) is 5.64. The highest BCUT2D eigenvalue weighted by Gasteiger charge is 2.50. The van der Waals surface area contributed by atoms with Gasteiger partial charge in [-0.1, -0.05) is 53.2 Å². The van der Waals surface area contributed by atoms with Crippen molar-refractivity contribution >= 4 is 6.08 Å². The molecule has 1 aromatic rings. The molecule has 0 heterocycles. The average molecular weight is 314 g/mol. The first-order valence-electron chi connectivity index (χ1n) is 8.85. The van der Waals surface area contributed by atoms with E-state index in [2.05, 4.69) is 52.8 Å². The first kappa shape index (κ1) is 16.4. The van der Waals surface area contributed by atoms with Gasteiger partial charge in [0.25, 0.3) is 0 Å². The molecule has 0 bridgehead atoms. The molecule has 2 heteroatoms. The molecule has 0 radical (unpaired) electrons. The Bertz CT molecular complexity index is 654. The van der Waals surface area contributed by atoms with Crippen LogP contribution < -0.4 is 4.74 Å². The minimum absolute atomic E-state index is 0.0319. The summed E-state index contributed by atoms with van der Waals surface area (Å²) in [6, 6.07) is 2.16. The van der Waals surface area contributed by atoms with Crippen molar-refractivity contribution in [1.82, 2.24) is 0 Å². The lowest BCUT2D eigenvalue weighted by Crippen LogP contribution is -2.45. The fourth-order valence-corrected chi connectivity index (χ4v) is 5.09. The Hall–Kier alpha value is -1.44. The number of rotatable bonds is 2. The van der Waals surface area contributed by atoms with Gasteiger partial charge in [-0.15, -0.1) is 0 Å². The van der Waals surface area contributed by atoms with E-state index >= 15 is 0 Å². The van der Waals surface area contributed by atoms with E-state index in [1.807, 2.05) is 0 Å². The summed E-state index contributed by atoms with van der Waals surface area (Å²) in [7, 11) is 1.68. The van der Waals surface area contributed by atoms with Gasteiger partial charge in [0.1, 0.15) is 0 Å². The van der Waals surface area contributed by atoms with Crippen LogP contribution in [-0.4, -0.2) is 12.2 Å². The number of benzene rings is 1. The Labute approximate surface area is 140 Å². The van der Waals surface area contributed by atoms with Gasteiger partial charge in [0.2, 0.25) is 0 Å². The third-order valence-electron chi connectivity index (χ3n) is 6.23. The van der Waals surface area contributed by atoms with Gasteiger partial charge in [-0.05, 0) is 41.7 Å². The summed E-state index contributed by atoms with van der Waals surface area (Å²) in [5.74, 6) is 1.78. The average Bonchev–Trinajstić information content (AvgIpc) is 2.46. The highest BCUT2D eigenvalue weighted by molar-refractivity contribution is 5.70. The Balaban J connectivity index is 2.28. The summed E-state index contributed by atoms with van der Waals surface area (Å²) < 4.78 is 5.73. The normalized spacial score (nSPS) is 28.4. The molecule has 0 amide bonds. The standard InChI is InChI=1S/C21H30O2/c1-13(2)15-12-14-8-9-16-20(3,4)10-7-11-21(16,5)17(14)19(23-6)18(15)22/h8-9,12-13,16,22H,7,10-11H2,1-6H3. The van der Waals surface area contributed by atoms with Crippen LogP contribution in [0.25, 0.3) is 6.08 Å². The first-order valence-corrected chi connectivity index (χ1v) is 8.85. The van der Waals surface area contributed by atoms with Gasteiger partial charge in [0.05, 0.1) is 7.11 Å². The largest absolute Gasteiger partial charge is 0.504 e. The number of hydrogen-bond acceptors (Lipinski definition) is 2. The highest BCUT2D eigenvalue weighted by Crippen LogP contribution is 2.59. The van der Waals surface area contributed by atoms with E-state index < -0.39 is 0 Å². The van der Waals surface area contributed by atoms with Crippen LogP contribution in [-0.2, 0) is 5.41 Å². The maximum Gasteiger partial charge on any atom is 0.165 e. The molecule has 126 valence electrons. The Morgan fingerprint density at radius 1 is 1.22 bits per heavy atom. The van der Waals surface area contributed by atoms with Crippen LogP contribution in [0.4, 0.5) is 0 Å². The summed E-state index contributed by atoms with van der Waals surface area (Å²) >= 11 is 0. The number of aromatic hydroxyl groups is 1. The minimum atomic E-state index is 0.0319. The van der Waals surface area contributed by atoms with Gasteiger partial charge in [0.15, 0.2) is 11.5 Å². The Morgan fingerprint density at radius 2 is 1.91 bits per heavy atom. The third-order valence-corrected chi connectivity index (χ3v) is 6.23. The zero-order valence-electron chi connectivity index (χ0n) is 15.4. The van der Waals surface area contributed by atoms with Gasteiger partial charge >= 0.3 is 0 Å².